The number of rotatable bonds is 5. The number of nitrogens with one attached hydrogen (secondary N) is 1. The molecule has 5 nitrogen and oxygen atoms in total. The third-order valence-corrected chi connectivity index (χ3v) is 3.37. The van der Waals surface area contributed by atoms with Gasteiger partial charge in [0.15, 0.2) is 0 Å². The molecule has 0 radical (unpaired) electrons. The first kappa shape index (κ1) is 17.1. The molecule has 1 aromatic carbocycles. The highest BCUT2D eigenvalue weighted by Gasteiger charge is 2.14. The highest BCUT2D eigenvalue weighted by atomic mass is 16.5. The molecular weight excluding hydrogens is 292 g/mol. The van der Waals surface area contributed by atoms with Crippen LogP contribution in [-0.4, -0.2) is 16.6 Å². The molecule has 0 spiro atoms. The van der Waals surface area contributed by atoms with Crippen molar-refractivity contribution in [2.75, 3.05) is 0 Å². The summed E-state index contributed by atoms with van der Waals surface area (Å²) >= 11 is 0. The van der Waals surface area contributed by atoms with Gasteiger partial charge in [-0.2, -0.15) is 0 Å². The van der Waals surface area contributed by atoms with Crippen molar-refractivity contribution in [3.8, 4) is 5.75 Å². The quantitative estimate of drug-likeness (QED) is 0.919. The Hall–Kier alpha value is -2.30. The Kier molecular flexibility index (Phi) is 5.08. The van der Waals surface area contributed by atoms with E-state index in [9.17, 15) is 4.79 Å². The minimum atomic E-state index is -0.214. The lowest BCUT2D eigenvalue weighted by Gasteiger charge is -2.20. The standard InChI is InChI=1S/C18H24N2O3/c1-12-16(13(2)23-20-12)11-22-15-8-6-14(7-9-15)10-17(21)19-18(3,4)5/h6-9H,10-11H2,1-5H3,(H,19,21). The summed E-state index contributed by atoms with van der Waals surface area (Å²) in [5.74, 6) is 1.55. The molecule has 1 amide bonds. The molecule has 0 fully saturated rings. The third-order valence-electron chi connectivity index (χ3n) is 3.37. The van der Waals surface area contributed by atoms with Crippen molar-refractivity contribution in [1.29, 1.82) is 0 Å². The lowest BCUT2D eigenvalue weighted by Crippen LogP contribution is -2.41. The summed E-state index contributed by atoms with van der Waals surface area (Å²) in [6, 6.07) is 7.56. The molecule has 1 aromatic heterocycles. The number of hydrogen-bond acceptors (Lipinski definition) is 4. The van der Waals surface area contributed by atoms with Gasteiger partial charge in [-0.05, 0) is 52.3 Å². The fraction of sp³-hybridized carbons (Fsp3) is 0.444. The number of aromatic nitrogens is 1. The van der Waals surface area contributed by atoms with Crippen molar-refractivity contribution in [1.82, 2.24) is 10.5 Å². The molecule has 0 aliphatic rings. The highest BCUT2D eigenvalue weighted by Crippen LogP contribution is 2.18. The van der Waals surface area contributed by atoms with E-state index in [1.807, 2.05) is 58.9 Å². The van der Waals surface area contributed by atoms with Crippen LogP contribution in [0.25, 0.3) is 0 Å². The number of carbonyl (C=O) groups is 1. The Bertz CT molecular complexity index is 647. The van der Waals surface area contributed by atoms with Gasteiger partial charge >= 0.3 is 0 Å². The maximum absolute atomic E-state index is 11.9. The molecule has 124 valence electrons. The van der Waals surface area contributed by atoms with Gasteiger partial charge in [0.25, 0.3) is 0 Å². The Morgan fingerprint density at radius 3 is 2.39 bits per heavy atom. The zero-order chi connectivity index (χ0) is 17.0. The minimum Gasteiger partial charge on any atom is -0.489 e. The van der Waals surface area contributed by atoms with Crippen LogP contribution in [0.1, 0.15) is 43.4 Å². The van der Waals surface area contributed by atoms with Crippen LogP contribution in [-0.2, 0) is 17.8 Å². The Balaban J connectivity index is 1.91. The minimum absolute atomic E-state index is 0.0156. The van der Waals surface area contributed by atoms with E-state index in [1.54, 1.807) is 0 Å². The maximum atomic E-state index is 11.9. The number of benzene rings is 1. The molecule has 0 unspecified atom stereocenters. The van der Waals surface area contributed by atoms with Crippen LogP contribution < -0.4 is 10.1 Å². The first-order valence-electron chi connectivity index (χ1n) is 7.69. The van der Waals surface area contributed by atoms with Crippen LogP contribution in [0.4, 0.5) is 0 Å². The molecule has 2 rings (SSSR count). The first-order valence-corrected chi connectivity index (χ1v) is 7.69. The normalized spacial score (nSPS) is 11.3. The van der Waals surface area contributed by atoms with Gasteiger partial charge in [-0.25, -0.2) is 0 Å². The smallest absolute Gasteiger partial charge is 0.224 e. The van der Waals surface area contributed by atoms with Gasteiger partial charge < -0.3 is 14.6 Å². The summed E-state index contributed by atoms with van der Waals surface area (Å²) in [4.78, 5) is 11.9. The molecule has 5 heteroatoms. The van der Waals surface area contributed by atoms with E-state index in [-0.39, 0.29) is 11.4 Å². The van der Waals surface area contributed by atoms with E-state index >= 15 is 0 Å². The Morgan fingerprint density at radius 1 is 1.22 bits per heavy atom. The van der Waals surface area contributed by atoms with E-state index in [0.29, 0.717) is 13.0 Å². The second kappa shape index (κ2) is 6.86. The van der Waals surface area contributed by atoms with Gasteiger partial charge in [-0.3, -0.25) is 4.79 Å². The lowest BCUT2D eigenvalue weighted by molar-refractivity contribution is -0.121. The predicted octanol–water partition coefficient (Wildman–Crippen LogP) is 3.33. The Labute approximate surface area is 137 Å². The van der Waals surface area contributed by atoms with Crippen LogP contribution in [0.3, 0.4) is 0 Å². The van der Waals surface area contributed by atoms with Crippen molar-refractivity contribution in [3.05, 3.63) is 46.8 Å². The van der Waals surface area contributed by atoms with Gasteiger partial charge in [0.05, 0.1) is 17.7 Å². The fourth-order valence-electron chi connectivity index (χ4n) is 2.21. The topological polar surface area (TPSA) is 64.4 Å². The summed E-state index contributed by atoms with van der Waals surface area (Å²) in [6.45, 7) is 10.1. The maximum Gasteiger partial charge on any atom is 0.224 e. The number of hydrogen-bond donors (Lipinski definition) is 1. The molecule has 0 saturated carbocycles. The van der Waals surface area contributed by atoms with Crippen LogP contribution in [0.15, 0.2) is 28.8 Å². The van der Waals surface area contributed by atoms with E-state index in [0.717, 1.165) is 28.3 Å². The third kappa shape index (κ3) is 5.13. The fourth-order valence-corrected chi connectivity index (χ4v) is 2.21. The van der Waals surface area contributed by atoms with Crippen LogP contribution >= 0.6 is 0 Å². The molecular formula is C18H24N2O3. The van der Waals surface area contributed by atoms with E-state index in [4.69, 9.17) is 9.26 Å². The zero-order valence-electron chi connectivity index (χ0n) is 14.4. The Morgan fingerprint density at radius 2 is 1.87 bits per heavy atom. The van der Waals surface area contributed by atoms with E-state index < -0.39 is 0 Å². The van der Waals surface area contributed by atoms with Crippen molar-refractivity contribution in [2.24, 2.45) is 0 Å². The zero-order valence-corrected chi connectivity index (χ0v) is 14.4. The van der Waals surface area contributed by atoms with Crippen molar-refractivity contribution < 1.29 is 14.1 Å². The first-order chi connectivity index (χ1) is 10.7. The lowest BCUT2D eigenvalue weighted by atomic mass is 10.1. The van der Waals surface area contributed by atoms with Crippen LogP contribution in [0.2, 0.25) is 0 Å². The monoisotopic (exact) mass is 316 g/mol. The van der Waals surface area contributed by atoms with Gasteiger partial charge in [-0.1, -0.05) is 17.3 Å². The molecule has 2 aromatic rings. The average Bonchev–Trinajstić information content (AvgIpc) is 2.75. The molecule has 0 aliphatic carbocycles. The summed E-state index contributed by atoms with van der Waals surface area (Å²) in [5.41, 5.74) is 2.56. The molecule has 0 bridgehead atoms. The number of nitrogens with zero attached hydrogens (tertiary/aromatic N) is 1. The van der Waals surface area contributed by atoms with Crippen molar-refractivity contribution >= 4 is 5.91 Å². The summed E-state index contributed by atoms with van der Waals surface area (Å²) < 4.78 is 10.9. The predicted molar refractivity (Wildman–Crippen MR) is 88.4 cm³/mol. The largest absolute Gasteiger partial charge is 0.489 e. The summed E-state index contributed by atoms with van der Waals surface area (Å²) in [5, 5.41) is 6.86. The van der Waals surface area contributed by atoms with Crippen LogP contribution in [0.5, 0.6) is 5.75 Å². The van der Waals surface area contributed by atoms with Crippen molar-refractivity contribution in [2.45, 2.75) is 53.2 Å². The SMILES string of the molecule is Cc1noc(C)c1COc1ccc(CC(=O)NC(C)(C)C)cc1. The van der Waals surface area contributed by atoms with Gasteiger partial charge in [-0.15, -0.1) is 0 Å². The average molecular weight is 316 g/mol. The highest BCUT2D eigenvalue weighted by molar-refractivity contribution is 5.79. The van der Waals surface area contributed by atoms with Gasteiger partial charge in [0.1, 0.15) is 18.1 Å². The number of ether oxygens (including phenoxy) is 1. The van der Waals surface area contributed by atoms with E-state index in [2.05, 4.69) is 10.5 Å². The number of carbonyl (C=O) groups excluding carboxylic acids is 1. The molecule has 0 aliphatic heterocycles. The number of amides is 1. The second-order valence-corrected chi connectivity index (χ2v) is 6.71. The number of aryl methyl sites for hydroxylation is 2. The second-order valence-electron chi connectivity index (χ2n) is 6.71. The van der Waals surface area contributed by atoms with Crippen molar-refractivity contribution in [3.63, 3.8) is 0 Å². The molecule has 0 atom stereocenters. The van der Waals surface area contributed by atoms with Gasteiger partial charge in [0, 0.05) is 5.54 Å². The summed E-state index contributed by atoms with van der Waals surface area (Å²) in [7, 11) is 0. The van der Waals surface area contributed by atoms with Crippen LogP contribution in [0, 0.1) is 13.8 Å². The van der Waals surface area contributed by atoms with Gasteiger partial charge in [0.2, 0.25) is 5.91 Å². The molecule has 1 N–H and O–H groups in total. The molecule has 1 heterocycles. The molecule has 0 saturated heterocycles. The summed E-state index contributed by atoms with van der Waals surface area (Å²) in [6.07, 6.45) is 0.363. The molecule has 23 heavy (non-hydrogen) atoms. The van der Waals surface area contributed by atoms with E-state index in [1.165, 1.54) is 0 Å².